The molecule has 0 fully saturated rings. The van der Waals surface area contributed by atoms with Gasteiger partial charge in [-0.15, -0.1) is 0 Å². The molecule has 2 rings (SSSR count). The molecule has 0 spiro atoms. The summed E-state index contributed by atoms with van der Waals surface area (Å²) in [6, 6.07) is 12.5. The summed E-state index contributed by atoms with van der Waals surface area (Å²) in [5.41, 5.74) is 2.37. The zero-order valence-electron chi connectivity index (χ0n) is 12.6. The Morgan fingerprint density at radius 2 is 1.90 bits per heavy atom. The molecule has 1 amide bonds. The number of benzene rings is 2. The minimum absolute atomic E-state index is 0.0777. The largest absolute Gasteiger partial charge is 0.322 e. The number of amides is 1. The Morgan fingerprint density at radius 3 is 2.62 bits per heavy atom. The number of hydrogen-bond donors (Lipinski definition) is 1. The predicted octanol–water partition coefficient (Wildman–Crippen LogP) is 4.90. The Labute approximate surface area is 125 Å². The number of carbonyl (C=O) groups excluding carboxylic acids is 1. The molecule has 0 aliphatic rings. The second-order valence-corrected chi connectivity index (χ2v) is 5.29. The highest BCUT2D eigenvalue weighted by Gasteiger charge is 2.16. The monoisotopic (exact) mass is 285 g/mol. The van der Waals surface area contributed by atoms with Gasteiger partial charge < -0.3 is 5.32 Å². The van der Waals surface area contributed by atoms with Crippen molar-refractivity contribution < 1.29 is 9.18 Å². The Hall–Kier alpha value is -2.16. The zero-order valence-corrected chi connectivity index (χ0v) is 12.6. The molecule has 0 heterocycles. The van der Waals surface area contributed by atoms with Crippen LogP contribution in [0.25, 0.3) is 0 Å². The van der Waals surface area contributed by atoms with E-state index in [4.69, 9.17) is 0 Å². The minimum Gasteiger partial charge on any atom is -0.322 e. The summed E-state index contributed by atoms with van der Waals surface area (Å²) in [7, 11) is 0. The fourth-order valence-corrected chi connectivity index (χ4v) is 2.27. The Kier molecular flexibility index (Phi) is 4.73. The molecule has 0 aromatic heterocycles. The first-order valence-corrected chi connectivity index (χ1v) is 7.20. The highest BCUT2D eigenvalue weighted by molar-refractivity contribution is 6.05. The summed E-state index contributed by atoms with van der Waals surface area (Å²) in [6.07, 6.45) is 0.978. The third-order valence-electron chi connectivity index (χ3n) is 3.79. The molecule has 2 aromatic rings. The van der Waals surface area contributed by atoms with Crippen LogP contribution in [0, 0.1) is 12.7 Å². The molecule has 0 aliphatic carbocycles. The number of anilines is 1. The number of hydrogen-bond acceptors (Lipinski definition) is 1. The summed E-state index contributed by atoms with van der Waals surface area (Å²) in [6.45, 7) is 5.86. The van der Waals surface area contributed by atoms with Gasteiger partial charge in [0.1, 0.15) is 5.82 Å². The van der Waals surface area contributed by atoms with Gasteiger partial charge in [-0.2, -0.15) is 0 Å². The first-order chi connectivity index (χ1) is 10.0. The molecule has 2 aromatic carbocycles. The molecule has 0 radical (unpaired) electrons. The third-order valence-corrected chi connectivity index (χ3v) is 3.79. The van der Waals surface area contributed by atoms with Crippen LogP contribution in [0.4, 0.5) is 10.1 Å². The average molecular weight is 285 g/mol. The maximum absolute atomic E-state index is 14.0. The summed E-state index contributed by atoms with van der Waals surface area (Å²) in [4.78, 5) is 12.3. The summed E-state index contributed by atoms with van der Waals surface area (Å²) in [5.74, 6) is -0.535. The number of aryl methyl sites for hydroxylation is 1. The van der Waals surface area contributed by atoms with E-state index in [1.807, 2.05) is 24.3 Å². The van der Waals surface area contributed by atoms with Crippen molar-refractivity contribution in [2.24, 2.45) is 0 Å². The van der Waals surface area contributed by atoms with Crippen LogP contribution < -0.4 is 5.32 Å². The van der Waals surface area contributed by atoms with Gasteiger partial charge in [-0.3, -0.25) is 4.79 Å². The molecule has 0 saturated heterocycles. The standard InChI is InChI=1S/C18H20FNO/c1-4-12(2)14-9-5-6-11-16(14)20-18(21)15-10-7-8-13(3)17(15)19/h5-12H,4H2,1-3H3,(H,20,21). The molecule has 1 unspecified atom stereocenters. The van der Waals surface area contributed by atoms with Gasteiger partial charge in [-0.05, 0) is 42.5 Å². The molecule has 3 heteroatoms. The molecule has 21 heavy (non-hydrogen) atoms. The van der Waals surface area contributed by atoms with E-state index in [2.05, 4.69) is 19.2 Å². The van der Waals surface area contributed by atoms with Gasteiger partial charge in [-0.25, -0.2) is 4.39 Å². The van der Waals surface area contributed by atoms with Crippen LogP contribution in [0.5, 0.6) is 0 Å². The maximum atomic E-state index is 14.0. The maximum Gasteiger partial charge on any atom is 0.258 e. The van der Waals surface area contributed by atoms with Crippen LogP contribution in [-0.4, -0.2) is 5.91 Å². The van der Waals surface area contributed by atoms with E-state index in [0.29, 0.717) is 11.5 Å². The number of nitrogens with one attached hydrogen (secondary N) is 1. The van der Waals surface area contributed by atoms with E-state index in [0.717, 1.165) is 17.7 Å². The van der Waals surface area contributed by atoms with Gasteiger partial charge in [0, 0.05) is 5.69 Å². The second-order valence-electron chi connectivity index (χ2n) is 5.29. The van der Waals surface area contributed by atoms with Gasteiger partial charge in [0.2, 0.25) is 0 Å². The van der Waals surface area contributed by atoms with Crippen LogP contribution in [0.1, 0.15) is 47.7 Å². The summed E-state index contributed by atoms with van der Waals surface area (Å²) in [5, 5.41) is 2.83. The first kappa shape index (κ1) is 15.2. The van der Waals surface area contributed by atoms with Crippen molar-refractivity contribution in [3.05, 3.63) is 65.0 Å². The van der Waals surface area contributed by atoms with E-state index in [9.17, 15) is 9.18 Å². The number of halogens is 1. The van der Waals surface area contributed by atoms with Gasteiger partial charge in [0.15, 0.2) is 0 Å². The van der Waals surface area contributed by atoms with Crippen LogP contribution in [0.2, 0.25) is 0 Å². The topological polar surface area (TPSA) is 29.1 Å². The lowest BCUT2D eigenvalue weighted by Crippen LogP contribution is -2.16. The normalized spacial score (nSPS) is 12.0. The van der Waals surface area contributed by atoms with Crippen molar-refractivity contribution in [1.29, 1.82) is 0 Å². The lowest BCUT2D eigenvalue weighted by atomic mass is 9.96. The molecule has 0 bridgehead atoms. The summed E-state index contributed by atoms with van der Waals surface area (Å²) >= 11 is 0. The van der Waals surface area contributed by atoms with Crippen LogP contribution >= 0.6 is 0 Å². The Balaban J connectivity index is 2.30. The SMILES string of the molecule is CCC(C)c1ccccc1NC(=O)c1cccc(C)c1F. The molecule has 0 aliphatic heterocycles. The predicted molar refractivity (Wildman–Crippen MR) is 84.2 cm³/mol. The van der Waals surface area contributed by atoms with E-state index < -0.39 is 11.7 Å². The van der Waals surface area contributed by atoms with Crippen LogP contribution in [0.3, 0.4) is 0 Å². The van der Waals surface area contributed by atoms with Crippen molar-refractivity contribution >= 4 is 11.6 Å². The van der Waals surface area contributed by atoms with Gasteiger partial charge in [0.25, 0.3) is 5.91 Å². The van der Waals surface area contributed by atoms with Crippen molar-refractivity contribution in [1.82, 2.24) is 0 Å². The van der Waals surface area contributed by atoms with E-state index in [1.165, 1.54) is 6.07 Å². The molecule has 1 atom stereocenters. The van der Waals surface area contributed by atoms with Crippen LogP contribution in [-0.2, 0) is 0 Å². The second kappa shape index (κ2) is 6.53. The first-order valence-electron chi connectivity index (χ1n) is 7.20. The van der Waals surface area contributed by atoms with Crippen molar-refractivity contribution in [2.75, 3.05) is 5.32 Å². The number of carbonyl (C=O) groups is 1. The molecular formula is C18H20FNO. The Morgan fingerprint density at radius 1 is 1.19 bits per heavy atom. The smallest absolute Gasteiger partial charge is 0.258 e. The van der Waals surface area contributed by atoms with E-state index in [1.54, 1.807) is 19.1 Å². The number of para-hydroxylation sites is 1. The molecule has 1 N–H and O–H groups in total. The fourth-order valence-electron chi connectivity index (χ4n) is 2.27. The quantitative estimate of drug-likeness (QED) is 0.850. The van der Waals surface area contributed by atoms with E-state index >= 15 is 0 Å². The fraction of sp³-hybridized carbons (Fsp3) is 0.278. The minimum atomic E-state index is -0.462. The summed E-state index contributed by atoms with van der Waals surface area (Å²) < 4.78 is 14.0. The lowest BCUT2D eigenvalue weighted by molar-refractivity contribution is 0.102. The molecular weight excluding hydrogens is 265 g/mol. The lowest BCUT2D eigenvalue weighted by Gasteiger charge is -2.16. The van der Waals surface area contributed by atoms with Crippen molar-refractivity contribution in [2.45, 2.75) is 33.1 Å². The molecule has 0 saturated carbocycles. The average Bonchev–Trinajstić information content (AvgIpc) is 2.49. The highest BCUT2D eigenvalue weighted by Crippen LogP contribution is 2.27. The molecule has 2 nitrogen and oxygen atoms in total. The third kappa shape index (κ3) is 3.30. The van der Waals surface area contributed by atoms with E-state index in [-0.39, 0.29) is 5.56 Å². The van der Waals surface area contributed by atoms with Crippen LogP contribution in [0.15, 0.2) is 42.5 Å². The van der Waals surface area contributed by atoms with Crippen molar-refractivity contribution in [3.8, 4) is 0 Å². The molecule has 110 valence electrons. The zero-order chi connectivity index (χ0) is 15.4. The van der Waals surface area contributed by atoms with Gasteiger partial charge in [-0.1, -0.05) is 44.2 Å². The highest BCUT2D eigenvalue weighted by atomic mass is 19.1. The van der Waals surface area contributed by atoms with Gasteiger partial charge >= 0.3 is 0 Å². The Bertz CT molecular complexity index is 651. The van der Waals surface area contributed by atoms with Gasteiger partial charge in [0.05, 0.1) is 5.56 Å². The number of rotatable bonds is 4. The van der Waals surface area contributed by atoms with Crippen molar-refractivity contribution in [3.63, 3.8) is 0 Å².